The number of carbonyl (C=O) groups is 1. The monoisotopic (exact) mass is 434 g/mol. The van der Waals surface area contributed by atoms with Gasteiger partial charge in [0.25, 0.3) is 0 Å². The van der Waals surface area contributed by atoms with Gasteiger partial charge in [-0.1, -0.05) is 53.7 Å². The van der Waals surface area contributed by atoms with Crippen molar-refractivity contribution in [2.45, 2.75) is 24.1 Å². The molecular weight excluding hydrogens is 416 g/mol. The van der Waals surface area contributed by atoms with Crippen LogP contribution in [0.3, 0.4) is 0 Å². The second kappa shape index (κ2) is 7.89. The van der Waals surface area contributed by atoms with Crippen LogP contribution in [0.5, 0.6) is 0 Å². The highest BCUT2D eigenvalue weighted by molar-refractivity contribution is 8.16. The van der Waals surface area contributed by atoms with Crippen LogP contribution in [0.4, 0.5) is 5.69 Å². The highest BCUT2D eigenvalue weighted by Gasteiger charge is 2.49. The molecule has 0 aliphatic carbocycles. The molecule has 0 spiro atoms. The molecule has 4 rings (SSSR count). The third-order valence-electron chi connectivity index (χ3n) is 4.86. The van der Waals surface area contributed by atoms with Crippen molar-refractivity contribution < 1.29 is 13.2 Å². The predicted molar refractivity (Wildman–Crippen MR) is 115 cm³/mol. The zero-order chi connectivity index (χ0) is 19.7. The van der Waals surface area contributed by atoms with Crippen LogP contribution in [0.15, 0.2) is 59.6 Å². The molecule has 2 saturated heterocycles. The highest BCUT2D eigenvalue weighted by Crippen LogP contribution is 2.41. The molecule has 146 valence electrons. The minimum atomic E-state index is -3.08. The molecule has 0 bridgehead atoms. The average Bonchev–Trinajstić information content (AvgIpc) is 3.12. The number of aryl methyl sites for hydroxylation is 1. The van der Waals surface area contributed by atoms with Crippen LogP contribution in [0.25, 0.3) is 0 Å². The van der Waals surface area contributed by atoms with Gasteiger partial charge in [0.15, 0.2) is 15.0 Å². The number of hydrogen-bond acceptors (Lipinski definition) is 4. The number of hydrogen-bond donors (Lipinski definition) is 0. The van der Waals surface area contributed by atoms with E-state index >= 15 is 0 Å². The molecule has 1 amide bonds. The van der Waals surface area contributed by atoms with Crippen LogP contribution >= 0.6 is 23.4 Å². The Morgan fingerprint density at radius 2 is 1.82 bits per heavy atom. The molecule has 0 N–H and O–H groups in total. The number of amidine groups is 1. The lowest BCUT2D eigenvalue weighted by atomic mass is 10.1. The lowest BCUT2D eigenvalue weighted by molar-refractivity contribution is -0.117. The number of sulfone groups is 1. The minimum Gasteiger partial charge on any atom is -0.316 e. The van der Waals surface area contributed by atoms with Crippen molar-refractivity contribution in [3.8, 4) is 0 Å². The quantitative estimate of drug-likeness (QED) is 0.735. The largest absolute Gasteiger partial charge is 0.316 e. The van der Waals surface area contributed by atoms with Gasteiger partial charge in [-0.15, -0.1) is 0 Å². The second-order valence-corrected chi connectivity index (χ2v) is 10.7. The van der Waals surface area contributed by atoms with E-state index in [0.717, 1.165) is 11.3 Å². The van der Waals surface area contributed by atoms with E-state index in [1.54, 1.807) is 12.1 Å². The summed E-state index contributed by atoms with van der Waals surface area (Å²) in [4.78, 5) is 18.7. The summed E-state index contributed by atoms with van der Waals surface area (Å²) >= 11 is 7.37. The van der Waals surface area contributed by atoms with Gasteiger partial charge in [-0.25, -0.2) is 8.42 Å². The molecular formula is C20H19ClN2O3S2. The van der Waals surface area contributed by atoms with Gasteiger partial charge >= 0.3 is 0 Å². The summed E-state index contributed by atoms with van der Waals surface area (Å²) in [6.07, 6.45) is 0.944. The van der Waals surface area contributed by atoms with Crippen LogP contribution in [-0.2, 0) is 21.1 Å². The molecule has 2 aromatic carbocycles. The van der Waals surface area contributed by atoms with Gasteiger partial charge in [-0.2, -0.15) is 4.99 Å². The van der Waals surface area contributed by atoms with Crippen LogP contribution in [0.2, 0.25) is 5.02 Å². The van der Waals surface area contributed by atoms with E-state index in [0.29, 0.717) is 23.0 Å². The lowest BCUT2D eigenvalue weighted by Gasteiger charge is -2.24. The highest BCUT2D eigenvalue weighted by atomic mass is 35.5. The molecule has 2 aromatic rings. The van der Waals surface area contributed by atoms with E-state index in [2.05, 4.69) is 4.99 Å². The third kappa shape index (κ3) is 4.26. The third-order valence-corrected chi connectivity index (χ3v) is 8.32. The molecule has 2 heterocycles. The summed E-state index contributed by atoms with van der Waals surface area (Å²) in [5.41, 5.74) is 1.89. The summed E-state index contributed by atoms with van der Waals surface area (Å²) in [6, 6.07) is 16.8. The van der Waals surface area contributed by atoms with Crippen LogP contribution < -0.4 is 4.90 Å². The predicted octanol–water partition coefficient (Wildman–Crippen LogP) is 3.57. The fraction of sp³-hybridized carbons (Fsp3) is 0.300. The Hall–Kier alpha value is -1.83. The van der Waals surface area contributed by atoms with E-state index in [1.165, 1.54) is 11.8 Å². The molecule has 2 fully saturated rings. The molecule has 2 atom stereocenters. The normalized spacial score (nSPS) is 24.5. The Balaban J connectivity index is 1.56. The molecule has 0 saturated carbocycles. The number of amides is 1. The molecule has 2 aliphatic heterocycles. The maximum atomic E-state index is 12.5. The maximum absolute atomic E-state index is 12.5. The topological polar surface area (TPSA) is 66.8 Å². The Bertz CT molecular complexity index is 1010. The smallest absolute Gasteiger partial charge is 0.248 e. The maximum Gasteiger partial charge on any atom is 0.248 e. The number of nitrogens with zero attached hydrogens (tertiary/aromatic N) is 2. The molecule has 0 unspecified atom stereocenters. The van der Waals surface area contributed by atoms with Gasteiger partial charge in [-0.05, 0) is 36.2 Å². The molecule has 2 aliphatic rings. The summed E-state index contributed by atoms with van der Waals surface area (Å²) < 4.78 is 24.2. The fourth-order valence-electron chi connectivity index (χ4n) is 3.53. The van der Waals surface area contributed by atoms with E-state index in [4.69, 9.17) is 11.6 Å². The molecule has 28 heavy (non-hydrogen) atoms. The number of carbonyl (C=O) groups excluding carboxylic acids is 1. The molecule has 8 heteroatoms. The van der Waals surface area contributed by atoms with Gasteiger partial charge in [0.05, 0.1) is 17.5 Å². The summed E-state index contributed by atoms with van der Waals surface area (Å²) in [7, 11) is -3.08. The fourth-order valence-corrected chi connectivity index (χ4v) is 7.58. The number of aliphatic imine (C=N–C) groups is 1. The van der Waals surface area contributed by atoms with E-state index in [9.17, 15) is 13.2 Å². The van der Waals surface area contributed by atoms with Crippen LogP contribution in [0, 0.1) is 0 Å². The Kier molecular flexibility index (Phi) is 5.49. The van der Waals surface area contributed by atoms with Crippen molar-refractivity contribution in [1.29, 1.82) is 0 Å². The molecule has 5 nitrogen and oxygen atoms in total. The first-order valence-electron chi connectivity index (χ1n) is 8.99. The summed E-state index contributed by atoms with van der Waals surface area (Å²) in [5, 5.41) is 1.07. The van der Waals surface area contributed by atoms with Crippen LogP contribution in [-0.4, -0.2) is 42.3 Å². The number of anilines is 1. The second-order valence-electron chi connectivity index (χ2n) is 6.92. The van der Waals surface area contributed by atoms with Crippen LogP contribution in [0.1, 0.15) is 12.0 Å². The van der Waals surface area contributed by atoms with E-state index in [1.807, 2.05) is 47.4 Å². The first-order chi connectivity index (χ1) is 13.4. The average molecular weight is 435 g/mol. The number of fused-ring (bicyclic) bond motifs is 1. The van der Waals surface area contributed by atoms with Gasteiger partial charge in [0.1, 0.15) is 0 Å². The standard InChI is InChI=1S/C20H19ClN2O3S2/c21-15-7-9-16(10-8-15)23-17-12-28(25,26)13-18(17)27-20(23)22-19(24)11-6-14-4-2-1-3-5-14/h1-5,7-10,17-18H,6,11-13H2/t17-,18-/m1/s1. The van der Waals surface area contributed by atoms with Crippen molar-refractivity contribution in [3.05, 3.63) is 65.2 Å². The Morgan fingerprint density at radius 3 is 2.54 bits per heavy atom. The number of benzene rings is 2. The Morgan fingerprint density at radius 1 is 1.11 bits per heavy atom. The van der Waals surface area contributed by atoms with Gasteiger partial charge in [0, 0.05) is 22.4 Å². The molecule has 0 radical (unpaired) electrons. The first kappa shape index (κ1) is 19.5. The van der Waals surface area contributed by atoms with Crippen molar-refractivity contribution in [1.82, 2.24) is 0 Å². The molecule has 0 aromatic heterocycles. The van der Waals surface area contributed by atoms with Crippen molar-refractivity contribution in [3.63, 3.8) is 0 Å². The van der Waals surface area contributed by atoms with Gasteiger partial charge in [-0.3, -0.25) is 4.79 Å². The number of thioether (sulfide) groups is 1. The van der Waals surface area contributed by atoms with Crippen molar-refractivity contribution in [2.75, 3.05) is 16.4 Å². The lowest BCUT2D eigenvalue weighted by Crippen LogP contribution is -2.37. The van der Waals surface area contributed by atoms with Crippen molar-refractivity contribution in [2.24, 2.45) is 4.99 Å². The Labute approximate surface area is 173 Å². The van der Waals surface area contributed by atoms with Gasteiger partial charge in [0.2, 0.25) is 5.91 Å². The van der Waals surface area contributed by atoms with Gasteiger partial charge < -0.3 is 4.90 Å². The summed E-state index contributed by atoms with van der Waals surface area (Å²) in [6.45, 7) is 0. The zero-order valence-corrected chi connectivity index (χ0v) is 17.4. The SMILES string of the molecule is O=C(CCc1ccccc1)N=C1S[C@@H]2CS(=O)(=O)C[C@H]2N1c1ccc(Cl)cc1. The van der Waals surface area contributed by atoms with Crippen molar-refractivity contribution >= 4 is 50.0 Å². The zero-order valence-electron chi connectivity index (χ0n) is 15.0. The summed E-state index contributed by atoms with van der Waals surface area (Å²) in [5.74, 6) is -0.0121. The number of halogens is 1. The minimum absolute atomic E-state index is 0.0739. The van der Waals surface area contributed by atoms with E-state index < -0.39 is 9.84 Å². The van der Waals surface area contributed by atoms with E-state index in [-0.39, 0.29) is 28.7 Å². The number of rotatable bonds is 4. The first-order valence-corrected chi connectivity index (χ1v) is 12.1.